The van der Waals surface area contributed by atoms with Crippen LogP contribution in [0.4, 0.5) is 5.69 Å². The summed E-state index contributed by atoms with van der Waals surface area (Å²) in [4.78, 5) is 29.4. The third kappa shape index (κ3) is 3.37. The van der Waals surface area contributed by atoms with E-state index in [1.54, 1.807) is 12.1 Å². The predicted molar refractivity (Wildman–Crippen MR) is 94.2 cm³/mol. The molecule has 0 aliphatic rings. The Morgan fingerprint density at radius 3 is 3.00 bits per heavy atom. The molecule has 0 atom stereocenters. The number of hydrogen-bond donors (Lipinski definition) is 2. The smallest absolute Gasteiger partial charge is 0.262 e. The average Bonchev–Trinajstić information content (AvgIpc) is 3.06. The summed E-state index contributed by atoms with van der Waals surface area (Å²) in [7, 11) is 0. The number of aliphatic hydroxyl groups is 1. The van der Waals surface area contributed by atoms with Crippen LogP contribution >= 0.6 is 11.3 Å². The van der Waals surface area contributed by atoms with Crippen LogP contribution in [0.25, 0.3) is 10.2 Å². The van der Waals surface area contributed by atoms with Gasteiger partial charge in [-0.25, -0.2) is 4.98 Å². The van der Waals surface area contributed by atoms with Gasteiger partial charge in [-0.15, -0.1) is 11.3 Å². The van der Waals surface area contributed by atoms with E-state index in [9.17, 15) is 14.7 Å². The van der Waals surface area contributed by atoms with Crippen LogP contribution in [0.15, 0.2) is 40.8 Å². The number of aliphatic hydroxyl groups excluding tert-OH is 1. The molecule has 0 saturated carbocycles. The number of hydrogen-bond acceptors (Lipinski definition) is 5. The number of aromatic nitrogens is 2. The van der Waals surface area contributed by atoms with Gasteiger partial charge in [-0.2, -0.15) is 0 Å². The minimum Gasteiger partial charge on any atom is -0.392 e. The van der Waals surface area contributed by atoms with Gasteiger partial charge in [-0.1, -0.05) is 12.1 Å². The van der Waals surface area contributed by atoms with Gasteiger partial charge < -0.3 is 10.4 Å². The summed E-state index contributed by atoms with van der Waals surface area (Å²) in [6.45, 7) is 2.07. The van der Waals surface area contributed by atoms with Crippen molar-refractivity contribution < 1.29 is 9.90 Å². The first-order chi connectivity index (χ1) is 11.6. The molecule has 2 heterocycles. The Morgan fingerprint density at radius 1 is 1.38 bits per heavy atom. The second kappa shape index (κ2) is 6.94. The van der Waals surface area contributed by atoms with Crippen LogP contribution in [-0.4, -0.2) is 20.6 Å². The number of nitrogens with one attached hydrogen (secondary N) is 1. The van der Waals surface area contributed by atoms with Crippen molar-refractivity contribution in [1.29, 1.82) is 0 Å². The summed E-state index contributed by atoms with van der Waals surface area (Å²) in [5.41, 5.74) is 2.19. The van der Waals surface area contributed by atoms with Crippen molar-refractivity contribution >= 4 is 33.1 Å². The highest BCUT2D eigenvalue weighted by molar-refractivity contribution is 7.16. The molecule has 0 saturated heterocycles. The summed E-state index contributed by atoms with van der Waals surface area (Å²) in [6.07, 6.45) is 1.64. The molecular formula is C17H17N3O3S. The summed E-state index contributed by atoms with van der Waals surface area (Å²) in [6, 6.07) is 7.15. The van der Waals surface area contributed by atoms with Crippen molar-refractivity contribution in [3.8, 4) is 0 Å². The van der Waals surface area contributed by atoms with E-state index in [0.29, 0.717) is 15.9 Å². The average molecular weight is 343 g/mol. The van der Waals surface area contributed by atoms with Crippen molar-refractivity contribution in [3.05, 3.63) is 57.5 Å². The first-order valence-corrected chi connectivity index (χ1v) is 8.39. The lowest BCUT2D eigenvalue weighted by atomic mass is 10.1. The zero-order valence-electron chi connectivity index (χ0n) is 13.2. The highest BCUT2D eigenvalue weighted by Gasteiger charge is 2.09. The molecule has 2 aromatic heterocycles. The van der Waals surface area contributed by atoms with Crippen LogP contribution < -0.4 is 10.9 Å². The summed E-state index contributed by atoms with van der Waals surface area (Å²) >= 11 is 1.42. The minimum atomic E-state index is -0.189. The van der Waals surface area contributed by atoms with E-state index in [1.165, 1.54) is 22.2 Å². The number of anilines is 1. The van der Waals surface area contributed by atoms with Crippen LogP contribution in [0.3, 0.4) is 0 Å². The number of carbonyl (C=O) groups excluding carboxylic acids is 1. The number of aryl methyl sites for hydroxylation is 2. The van der Waals surface area contributed by atoms with Crippen molar-refractivity contribution in [2.24, 2.45) is 0 Å². The molecule has 2 N–H and O–H groups in total. The van der Waals surface area contributed by atoms with Gasteiger partial charge in [0.25, 0.3) is 5.56 Å². The third-order valence-electron chi connectivity index (χ3n) is 3.79. The Hall–Kier alpha value is -2.51. The van der Waals surface area contributed by atoms with E-state index in [2.05, 4.69) is 10.3 Å². The second-order valence-corrected chi connectivity index (χ2v) is 6.38. The SMILES string of the molecule is Cc1ccc(CO)cc1NC(=O)CCn1cnc2sccc2c1=O. The Bertz CT molecular complexity index is 946. The van der Waals surface area contributed by atoms with E-state index >= 15 is 0 Å². The van der Waals surface area contributed by atoms with Crippen LogP contribution in [0.1, 0.15) is 17.5 Å². The van der Waals surface area contributed by atoms with E-state index in [0.717, 1.165) is 11.1 Å². The van der Waals surface area contributed by atoms with Crippen molar-refractivity contribution in [3.63, 3.8) is 0 Å². The van der Waals surface area contributed by atoms with E-state index in [4.69, 9.17) is 0 Å². The molecule has 3 aromatic rings. The quantitative estimate of drug-likeness (QED) is 0.744. The van der Waals surface area contributed by atoms with Gasteiger partial charge >= 0.3 is 0 Å². The molecule has 3 rings (SSSR count). The molecule has 0 spiro atoms. The van der Waals surface area contributed by atoms with Gasteiger partial charge in [0.15, 0.2) is 0 Å². The fourth-order valence-corrected chi connectivity index (χ4v) is 3.11. The van der Waals surface area contributed by atoms with Gasteiger partial charge in [0.2, 0.25) is 5.91 Å². The second-order valence-electron chi connectivity index (χ2n) is 5.49. The maximum atomic E-state index is 12.3. The maximum absolute atomic E-state index is 12.3. The molecule has 0 radical (unpaired) electrons. The molecule has 0 aliphatic carbocycles. The zero-order chi connectivity index (χ0) is 17.1. The number of nitrogens with zero attached hydrogens (tertiary/aromatic N) is 2. The fourth-order valence-electron chi connectivity index (χ4n) is 2.39. The van der Waals surface area contributed by atoms with Crippen LogP contribution in [0.2, 0.25) is 0 Å². The summed E-state index contributed by atoms with van der Waals surface area (Å²) < 4.78 is 1.45. The highest BCUT2D eigenvalue weighted by Crippen LogP contribution is 2.17. The molecule has 6 nitrogen and oxygen atoms in total. The first-order valence-electron chi connectivity index (χ1n) is 7.51. The first kappa shape index (κ1) is 16.4. The van der Waals surface area contributed by atoms with Crippen LogP contribution in [0.5, 0.6) is 0 Å². The van der Waals surface area contributed by atoms with E-state index in [1.807, 2.05) is 24.4 Å². The minimum absolute atomic E-state index is 0.0785. The van der Waals surface area contributed by atoms with E-state index in [-0.39, 0.29) is 31.0 Å². The maximum Gasteiger partial charge on any atom is 0.262 e. The van der Waals surface area contributed by atoms with Crippen molar-refractivity contribution in [1.82, 2.24) is 9.55 Å². The summed E-state index contributed by atoms with van der Waals surface area (Å²) in [5, 5.41) is 14.4. The molecule has 0 bridgehead atoms. The molecule has 0 fully saturated rings. The Balaban J connectivity index is 1.69. The fraction of sp³-hybridized carbons (Fsp3) is 0.235. The Kier molecular flexibility index (Phi) is 4.73. The lowest BCUT2D eigenvalue weighted by molar-refractivity contribution is -0.116. The number of carbonyl (C=O) groups is 1. The topological polar surface area (TPSA) is 84.2 Å². The van der Waals surface area contributed by atoms with Gasteiger partial charge in [-0.3, -0.25) is 14.2 Å². The molecule has 124 valence electrons. The number of fused-ring (bicyclic) bond motifs is 1. The Morgan fingerprint density at radius 2 is 2.21 bits per heavy atom. The molecular weight excluding hydrogens is 326 g/mol. The predicted octanol–water partition coefficient (Wildman–Crippen LogP) is 2.29. The monoisotopic (exact) mass is 343 g/mol. The molecule has 1 amide bonds. The van der Waals surface area contributed by atoms with Gasteiger partial charge in [0.05, 0.1) is 18.3 Å². The van der Waals surface area contributed by atoms with Gasteiger partial charge in [0, 0.05) is 18.7 Å². The molecule has 0 aliphatic heterocycles. The lowest BCUT2D eigenvalue weighted by Gasteiger charge is -2.10. The normalized spacial score (nSPS) is 10.9. The molecule has 7 heteroatoms. The molecule has 1 aromatic carbocycles. The molecule has 0 unspecified atom stereocenters. The molecule has 24 heavy (non-hydrogen) atoms. The van der Waals surface area contributed by atoms with Crippen LogP contribution in [-0.2, 0) is 17.9 Å². The number of benzene rings is 1. The largest absolute Gasteiger partial charge is 0.392 e. The van der Waals surface area contributed by atoms with Gasteiger partial charge in [0.1, 0.15) is 4.83 Å². The third-order valence-corrected chi connectivity index (χ3v) is 4.61. The number of amides is 1. The van der Waals surface area contributed by atoms with E-state index < -0.39 is 0 Å². The van der Waals surface area contributed by atoms with Crippen molar-refractivity contribution in [2.45, 2.75) is 26.5 Å². The number of thiophene rings is 1. The highest BCUT2D eigenvalue weighted by atomic mass is 32.1. The van der Waals surface area contributed by atoms with Crippen LogP contribution in [0, 0.1) is 6.92 Å². The standard InChI is InChI=1S/C17H17N3O3S/c1-11-2-3-12(9-21)8-14(11)19-15(22)4-6-20-10-18-16-13(17(20)23)5-7-24-16/h2-3,5,7-8,10,21H,4,6,9H2,1H3,(H,19,22). The number of rotatable bonds is 5. The summed E-state index contributed by atoms with van der Waals surface area (Å²) in [5.74, 6) is -0.189. The Labute approximate surface area is 142 Å². The van der Waals surface area contributed by atoms with Crippen molar-refractivity contribution in [2.75, 3.05) is 5.32 Å². The van der Waals surface area contributed by atoms with Gasteiger partial charge in [-0.05, 0) is 35.6 Å². The zero-order valence-corrected chi connectivity index (χ0v) is 14.0. The lowest BCUT2D eigenvalue weighted by Crippen LogP contribution is -2.23.